The third-order valence-electron chi connectivity index (χ3n) is 6.16. The number of hydrogen-bond acceptors (Lipinski definition) is 4. The molecule has 4 fully saturated rings. The number of likely N-dealkylation sites (N-methyl/N-ethyl adjacent to an activating group) is 1. The van der Waals surface area contributed by atoms with Gasteiger partial charge in [-0.2, -0.15) is 4.98 Å². The molecule has 4 saturated carbocycles. The molecule has 4 nitrogen and oxygen atoms in total. The summed E-state index contributed by atoms with van der Waals surface area (Å²) in [5.74, 6) is 2.68. The Bertz CT molecular complexity index is 534. The van der Waals surface area contributed by atoms with Crippen LogP contribution in [0, 0.1) is 16.7 Å². The number of nitrogens with one attached hydrogen (secondary N) is 1. The fourth-order valence-electron chi connectivity index (χ4n) is 6.50. The smallest absolute Gasteiger partial charge is 0.227 e. The van der Waals surface area contributed by atoms with Gasteiger partial charge in [0.05, 0.1) is 0 Å². The molecule has 116 valence electrons. The molecule has 5 rings (SSSR count). The first-order valence-corrected chi connectivity index (χ1v) is 8.42. The topological polar surface area (TPSA) is 51.0 Å². The fraction of sp³-hybridized carbons (Fsp3) is 0.882. The summed E-state index contributed by atoms with van der Waals surface area (Å²) in [7, 11) is 1.96. The molecule has 4 heteroatoms. The first-order valence-electron chi connectivity index (χ1n) is 8.42. The van der Waals surface area contributed by atoms with Crippen LogP contribution in [0.15, 0.2) is 4.52 Å². The standard InChI is InChI=1S/C17H27N3O/c1-15-6-12-7-16(2,9-15)11-17(8-12,10-15)14-19-13(21-20-14)4-5-18-3/h12,18H,4-11H2,1-3H3. The van der Waals surface area contributed by atoms with Crippen molar-refractivity contribution in [1.29, 1.82) is 0 Å². The molecule has 2 atom stereocenters. The molecular weight excluding hydrogens is 262 g/mol. The Balaban J connectivity index is 1.66. The van der Waals surface area contributed by atoms with Crippen molar-refractivity contribution in [2.45, 2.75) is 64.2 Å². The molecule has 4 bridgehead atoms. The summed E-state index contributed by atoms with van der Waals surface area (Å²) >= 11 is 0. The Hall–Kier alpha value is -0.900. The lowest BCUT2D eigenvalue weighted by Gasteiger charge is -2.64. The summed E-state index contributed by atoms with van der Waals surface area (Å²) in [6.07, 6.45) is 8.85. The van der Waals surface area contributed by atoms with Crippen LogP contribution in [0.1, 0.15) is 64.1 Å². The van der Waals surface area contributed by atoms with Crippen LogP contribution in [-0.2, 0) is 11.8 Å². The largest absolute Gasteiger partial charge is 0.339 e. The molecule has 1 aromatic heterocycles. The van der Waals surface area contributed by atoms with E-state index in [9.17, 15) is 0 Å². The van der Waals surface area contributed by atoms with Crippen LogP contribution in [0.5, 0.6) is 0 Å². The number of nitrogens with zero attached hydrogens (tertiary/aromatic N) is 2. The zero-order valence-electron chi connectivity index (χ0n) is 13.5. The maximum absolute atomic E-state index is 5.52. The van der Waals surface area contributed by atoms with Crippen molar-refractivity contribution in [3.63, 3.8) is 0 Å². The van der Waals surface area contributed by atoms with Gasteiger partial charge in [-0.05, 0) is 62.3 Å². The first-order chi connectivity index (χ1) is 9.94. The van der Waals surface area contributed by atoms with Crippen molar-refractivity contribution in [2.24, 2.45) is 16.7 Å². The fourth-order valence-corrected chi connectivity index (χ4v) is 6.50. The molecule has 0 spiro atoms. The molecule has 0 aromatic carbocycles. The molecule has 1 aromatic rings. The van der Waals surface area contributed by atoms with E-state index in [1.54, 1.807) is 0 Å². The Morgan fingerprint density at radius 1 is 1.14 bits per heavy atom. The predicted octanol–water partition coefficient (Wildman–Crippen LogP) is 3.08. The van der Waals surface area contributed by atoms with Crippen LogP contribution < -0.4 is 5.32 Å². The van der Waals surface area contributed by atoms with Crippen molar-refractivity contribution in [2.75, 3.05) is 13.6 Å². The highest BCUT2D eigenvalue weighted by atomic mass is 16.5. The van der Waals surface area contributed by atoms with Crippen LogP contribution in [0.2, 0.25) is 0 Å². The van der Waals surface area contributed by atoms with Gasteiger partial charge in [0, 0.05) is 18.4 Å². The van der Waals surface area contributed by atoms with Crippen LogP contribution in [0.3, 0.4) is 0 Å². The van der Waals surface area contributed by atoms with Gasteiger partial charge in [-0.3, -0.25) is 0 Å². The zero-order chi connectivity index (χ0) is 14.7. The van der Waals surface area contributed by atoms with E-state index in [1.165, 1.54) is 38.5 Å². The highest BCUT2D eigenvalue weighted by Crippen LogP contribution is 2.69. The van der Waals surface area contributed by atoms with Gasteiger partial charge in [0.1, 0.15) is 0 Å². The maximum atomic E-state index is 5.52. The Kier molecular flexibility index (Phi) is 2.82. The Morgan fingerprint density at radius 3 is 2.48 bits per heavy atom. The number of hydrogen-bond donors (Lipinski definition) is 1. The second kappa shape index (κ2) is 4.31. The molecular formula is C17H27N3O. The van der Waals surface area contributed by atoms with E-state index in [0.717, 1.165) is 30.6 Å². The molecule has 0 saturated heterocycles. The third-order valence-corrected chi connectivity index (χ3v) is 6.16. The summed E-state index contributed by atoms with van der Waals surface area (Å²) in [6, 6.07) is 0. The molecule has 0 radical (unpaired) electrons. The van der Waals surface area contributed by atoms with Crippen LogP contribution in [-0.4, -0.2) is 23.7 Å². The van der Waals surface area contributed by atoms with Gasteiger partial charge in [-0.25, -0.2) is 0 Å². The molecule has 21 heavy (non-hydrogen) atoms. The monoisotopic (exact) mass is 289 g/mol. The minimum Gasteiger partial charge on any atom is -0.339 e. The molecule has 4 aliphatic rings. The molecule has 2 unspecified atom stereocenters. The lowest BCUT2D eigenvalue weighted by atomic mass is 9.40. The van der Waals surface area contributed by atoms with Gasteiger partial charge in [0.25, 0.3) is 0 Å². The van der Waals surface area contributed by atoms with Crippen LogP contribution >= 0.6 is 0 Å². The van der Waals surface area contributed by atoms with Crippen LogP contribution in [0.25, 0.3) is 0 Å². The average Bonchev–Trinajstić information content (AvgIpc) is 2.81. The summed E-state index contributed by atoms with van der Waals surface area (Å²) in [6.45, 7) is 5.88. The summed E-state index contributed by atoms with van der Waals surface area (Å²) in [5, 5.41) is 7.55. The van der Waals surface area contributed by atoms with Gasteiger partial charge < -0.3 is 9.84 Å². The van der Waals surface area contributed by atoms with Crippen molar-refractivity contribution >= 4 is 0 Å². The average molecular weight is 289 g/mol. The van der Waals surface area contributed by atoms with E-state index < -0.39 is 0 Å². The first kappa shape index (κ1) is 13.7. The van der Waals surface area contributed by atoms with Crippen molar-refractivity contribution < 1.29 is 4.52 Å². The van der Waals surface area contributed by atoms with Crippen molar-refractivity contribution in [3.05, 3.63) is 11.7 Å². The third kappa shape index (κ3) is 2.14. The minimum atomic E-state index is 0.199. The second-order valence-corrected chi connectivity index (χ2v) is 8.78. The molecule has 1 heterocycles. The molecule has 1 N–H and O–H groups in total. The van der Waals surface area contributed by atoms with Crippen molar-refractivity contribution in [3.8, 4) is 0 Å². The van der Waals surface area contributed by atoms with E-state index in [0.29, 0.717) is 10.8 Å². The lowest BCUT2D eigenvalue weighted by molar-refractivity contribution is -0.113. The highest BCUT2D eigenvalue weighted by molar-refractivity contribution is 5.21. The van der Waals surface area contributed by atoms with E-state index in [2.05, 4.69) is 24.3 Å². The van der Waals surface area contributed by atoms with Gasteiger partial charge in [-0.15, -0.1) is 0 Å². The number of aromatic nitrogens is 2. The second-order valence-electron chi connectivity index (χ2n) is 8.78. The molecule has 0 amide bonds. The zero-order valence-corrected chi connectivity index (χ0v) is 13.5. The van der Waals surface area contributed by atoms with Gasteiger partial charge >= 0.3 is 0 Å². The normalized spacial score (nSPS) is 44.4. The van der Waals surface area contributed by atoms with Crippen LogP contribution in [0.4, 0.5) is 0 Å². The summed E-state index contributed by atoms with van der Waals surface area (Å²) in [4.78, 5) is 4.78. The minimum absolute atomic E-state index is 0.199. The summed E-state index contributed by atoms with van der Waals surface area (Å²) in [5.41, 5.74) is 1.20. The van der Waals surface area contributed by atoms with Crippen molar-refractivity contribution in [1.82, 2.24) is 15.5 Å². The van der Waals surface area contributed by atoms with Gasteiger partial charge in [0.15, 0.2) is 5.82 Å². The molecule has 4 aliphatic carbocycles. The predicted molar refractivity (Wildman–Crippen MR) is 81.0 cm³/mol. The Labute approximate surface area is 127 Å². The highest BCUT2D eigenvalue weighted by Gasteiger charge is 2.62. The maximum Gasteiger partial charge on any atom is 0.227 e. The van der Waals surface area contributed by atoms with E-state index in [4.69, 9.17) is 9.51 Å². The van der Waals surface area contributed by atoms with E-state index >= 15 is 0 Å². The van der Waals surface area contributed by atoms with Gasteiger partial charge in [0.2, 0.25) is 5.89 Å². The molecule has 0 aliphatic heterocycles. The summed E-state index contributed by atoms with van der Waals surface area (Å²) < 4.78 is 5.52. The quantitative estimate of drug-likeness (QED) is 0.925. The Morgan fingerprint density at radius 2 is 1.86 bits per heavy atom. The van der Waals surface area contributed by atoms with E-state index in [1.807, 2.05) is 7.05 Å². The lowest BCUT2D eigenvalue weighted by Crippen LogP contribution is -2.57. The van der Waals surface area contributed by atoms with Gasteiger partial charge in [-0.1, -0.05) is 19.0 Å². The number of rotatable bonds is 4. The SMILES string of the molecule is CNCCc1nc(C23CC4CC(C)(CC(C)(C4)C2)C3)no1. The van der Waals surface area contributed by atoms with E-state index in [-0.39, 0.29) is 5.41 Å².